The van der Waals surface area contributed by atoms with E-state index in [9.17, 15) is 9.18 Å². The zero-order valence-corrected chi connectivity index (χ0v) is 10.4. The smallest absolute Gasteiger partial charge is 0.339 e. The summed E-state index contributed by atoms with van der Waals surface area (Å²) in [5.41, 5.74) is -0.00998. The van der Waals surface area contributed by atoms with Gasteiger partial charge in [-0.25, -0.2) is 9.18 Å². The number of carbonyl (C=O) groups excluding carboxylic acids is 1. The monoisotopic (exact) mass is 264 g/mol. The van der Waals surface area contributed by atoms with Gasteiger partial charge in [-0.2, -0.15) is 0 Å². The van der Waals surface area contributed by atoms with Crippen LogP contribution in [0.15, 0.2) is 12.1 Å². The highest BCUT2D eigenvalue weighted by atomic mass is 35.5. The van der Waals surface area contributed by atoms with Crippen LogP contribution >= 0.6 is 23.2 Å². The molecule has 0 aliphatic carbocycles. The summed E-state index contributed by atoms with van der Waals surface area (Å²) in [5, 5.41) is -0.0365. The van der Waals surface area contributed by atoms with Crippen molar-refractivity contribution in [3.63, 3.8) is 0 Å². The second-order valence-electron chi connectivity index (χ2n) is 3.74. The maximum atomic E-state index is 13.1. The lowest BCUT2D eigenvalue weighted by Gasteiger charge is -2.08. The van der Waals surface area contributed by atoms with E-state index in [0.717, 1.165) is 6.07 Å². The third-order valence-electron chi connectivity index (χ3n) is 1.78. The first-order valence-electron chi connectivity index (χ1n) is 4.73. The summed E-state index contributed by atoms with van der Waals surface area (Å²) >= 11 is 11.3. The van der Waals surface area contributed by atoms with Gasteiger partial charge in [-0.3, -0.25) is 0 Å². The first-order chi connectivity index (χ1) is 7.41. The number of benzene rings is 1. The Morgan fingerprint density at radius 3 is 2.56 bits per heavy atom. The lowest BCUT2D eigenvalue weighted by Crippen LogP contribution is -2.11. The van der Waals surface area contributed by atoms with Gasteiger partial charge in [0.1, 0.15) is 5.82 Å². The lowest BCUT2D eigenvalue weighted by atomic mass is 10.2. The van der Waals surface area contributed by atoms with Gasteiger partial charge in [-0.1, -0.05) is 37.0 Å². The quantitative estimate of drug-likeness (QED) is 0.611. The highest BCUT2D eigenvalue weighted by molar-refractivity contribution is 6.36. The van der Waals surface area contributed by atoms with E-state index in [-0.39, 0.29) is 28.1 Å². The molecular formula is C11H11Cl2FO2. The summed E-state index contributed by atoms with van der Waals surface area (Å²) in [5.74, 6) is -1.13. The predicted molar refractivity (Wildman–Crippen MR) is 61.5 cm³/mol. The molecule has 16 heavy (non-hydrogen) atoms. The maximum Gasteiger partial charge on any atom is 0.339 e. The van der Waals surface area contributed by atoms with Crippen molar-refractivity contribution in [2.75, 3.05) is 6.61 Å². The Kier molecular flexibility index (Phi) is 4.56. The molecular weight excluding hydrogens is 254 g/mol. The van der Waals surface area contributed by atoms with Crippen molar-refractivity contribution in [2.24, 2.45) is 5.92 Å². The summed E-state index contributed by atoms with van der Waals surface area (Å²) in [6.07, 6.45) is 0. The Morgan fingerprint density at radius 2 is 2.00 bits per heavy atom. The van der Waals surface area contributed by atoms with Gasteiger partial charge >= 0.3 is 5.97 Å². The van der Waals surface area contributed by atoms with Crippen LogP contribution < -0.4 is 0 Å². The molecule has 1 aromatic rings. The molecule has 0 saturated carbocycles. The molecule has 0 bridgehead atoms. The van der Waals surface area contributed by atoms with Gasteiger partial charge in [-0.05, 0) is 18.1 Å². The van der Waals surface area contributed by atoms with Crippen LogP contribution in [-0.4, -0.2) is 12.6 Å². The first-order valence-corrected chi connectivity index (χ1v) is 5.49. The van der Waals surface area contributed by atoms with E-state index in [1.807, 2.05) is 13.8 Å². The number of rotatable bonds is 3. The molecule has 0 heterocycles. The molecule has 0 amide bonds. The molecule has 0 spiro atoms. The van der Waals surface area contributed by atoms with Crippen molar-refractivity contribution >= 4 is 29.2 Å². The standard InChI is InChI=1S/C11H11Cl2FO2/c1-6(2)5-16-11(15)7-3-10(14)9(13)4-8(7)12/h3-4,6H,5H2,1-2H3. The molecule has 0 radical (unpaired) electrons. The summed E-state index contributed by atoms with van der Waals surface area (Å²) in [4.78, 5) is 11.5. The molecule has 0 N–H and O–H groups in total. The lowest BCUT2D eigenvalue weighted by molar-refractivity contribution is 0.0458. The average molecular weight is 265 g/mol. The van der Waals surface area contributed by atoms with Crippen molar-refractivity contribution in [3.8, 4) is 0 Å². The van der Waals surface area contributed by atoms with Crippen LogP contribution in [0, 0.1) is 11.7 Å². The number of ether oxygens (including phenoxy) is 1. The molecule has 0 fully saturated rings. The molecule has 0 aliphatic heterocycles. The normalized spacial score (nSPS) is 10.6. The van der Waals surface area contributed by atoms with Crippen molar-refractivity contribution in [2.45, 2.75) is 13.8 Å². The fourth-order valence-corrected chi connectivity index (χ4v) is 1.46. The van der Waals surface area contributed by atoms with Crippen molar-refractivity contribution in [3.05, 3.63) is 33.6 Å². The Labute approximate surface area is 103 Å². The van der Waals surface area contributed by atoms with Crippen LogP contribution in [0.2, 0.25) is 10.0 Å². The molecule has 0 unspecified atom stereocenters. The van der Waals surface area contributed by atoms with E-state index < -0.39 is 11.8 Å². The fourth-order valence-electron chi connectivity index (χ4n) is 0.999. The Morgan fingerprint density at radius 1 is 1.38 bits per heavy atom. The molecule has 2 nitrogen and oxygen atoms in total. The Bertz CT molecular complexity index is 405. The zero-order chi connectivity index (χ0) is 12.3. The van der Waals surface area contributed by atoms with Crippen LogP contribution in [-0.2, 0) is 4.74 Å². The molecule has 0 atom stereocenters. The predicted octanol–water partition coefficient (Wildman–Crippen LogP) is 3.95. The van der Waals surface area contributed by atoms with E-state index >= 15 is 0 Å². The van der Waals surface area contributed by atoms with E-state index in [1.165, 1.54) is 6.07 Å². The fraction of sp³-hybridized carbons (Fsp3) is 0.364. The third-order valence-corrected chi connectivity index (χ3v) is 2.38. The van der Waals surface area contributed by atoms with E-state index in [0.29, 0.717) is 0 Å². The number of hydrogen-bond acceptors (Lipinski definition) is 2. The van der Waals surface area contributed by atoms with Gasteiger partial charge < -0.3 is 4.74 Å². The zero-order valence-electron chi connectivity index (χ0n) is 8.89. The maximum absolute atomic E-state index is 13.1. The summed E-state index contributed by atoms with van der Waals surface area (Å²) in [7, 11) is 0. The molecule has 0 aromatic heterocycles. The van der Waals surface area contributed by atoms with Gasteiger partial charge in [0.05, 0.1) is 22.2 Å². The topological polar surface area (TPSA) is 26.3 Å². The minimum absolute atomic E-state index is 0.00998. The molecule has 1 aromatic carbocycles. The molecule has 88 valence electrons. The molecule has 5 heteroatoms. The minimum Gasteiger partial charge on any atom is -0.462 e. The van der Waals surface area contributed by atoms with Gasteiger partial charge in [0, 0.05) is 0 Å². The highest BCUT2D eigenvalue weighted by Crippen LogP contribution is 2.24. The van der Waals surface area contributed by atoms with Crippen molar-refractivity contribution in [1.82, 2.24) is 0 Å². The number of carbonyl (C=O) groups is 1. The number of hydrogen-bond donors (Lipinski definition) is 0. The number of halogens is 3. The van der Waals surface area contributed by atoms with Crippen LogP contribution in [0.25, 0.3) is 0 Å². The van der Waals surface area contributed by atoms with Gasteiger partial charge in [-0.15, -0.1) is 0 Å². The van der Waals surface area contributed by atoms with Crippen LogP contribution in [0.3, 0.4) is 0 Å². The average Bonchev–Trinajstić information content (AvgIpc) is 2.20. The van der Waals surface area contributed by atoms with E-state index in [1.54, 1.807) is 0 Å². The minimum atomic E-state index is -0.692. The first kappa shape index (κ1) is 13.3. The van der Waals surface area contributed by atoms with E-state index in [2.05, 4.69) is 0 Å². The molecule has 1 rings (SSSR count). The summed E-state index contributed by atoms with van der Waals surface area (Å²) in [6, 6.07) is 2.16. The van der Waals surface area contributed by atoms with Gasteiger partial charge in [0.2, 0.25) is 0 Å². The molecule has 0 saturated heterocycles. The van der Waals surface area contributed by atoms with Crippen LogP contribution in [0.1, 0.15) is 24.2 Å². The number of esters is 1. The SMILES string of the molecule is CC(C)COC(=O)c1cc(F)c(Cl)cc1Cl. The second kappa shape index (κ2) is 5.51. The van der Waals surface area contributed by atoms with Gasteiger partial charge in [0.25, 0.3) is 0 Å². The largest absolute Gasteiger partial charge is 0.462 e. The van der Waals surface area contributed by atoms with Crippen LogP contribution in [0.5, 0.6) is 0 Å². The third kappa shape index (κ3) is 3.35. The Hall–Kier alpha value is -0.800. The van der Waals surface area contributed by atoms with Crippen LogP contribution in [0.4, 0.5) is 4.39 Å². The van der Waals surface area contributed by atoms with Crippen molar-refractivity contribution < 1.29 is 13.9 Å². The van der Waals surface area contributed by atoms with Crippen molar-refractivity contribution in [1.29, 1.82) is 0 Å². The Balaban J connectivity index is 2.87. The highest BCUT2D eigenvalue weighted by Gasteiger charge is 2.15. The summed E-state index contributed by atoms with van der Waals surface area (Å²) in [6.45, 7) is 4.06. The molecule has 0 aliphatic rings. The second-order valence-corrected chi connectivity index (χ2v) is 4.55. The summed E-state index contributed by atoms with van der Waals surface area (Å²) < 4.78 is 18.1. The van der Waals surface area contributed by atoms with Gasteiger partial charge in [0.15, 0.2) is 0 Å². The van der Waals surface area contributed by atoms with E-state index in [4.69, 9.17) is 27.9 Å².